The second kappa shape index (κ2) is 10.9. The minimum Gasteiger partial charge on any atom is -0.327 e. The number of hydrogen-bond acceptors (Lipinski definition) is 4. The van der Waals surface area contributed by atoms with Gasteiger partial charge >= 0.3 is 0 Å². The second-order valence-corrected chi connectivity index (χ2v) is 11.7. The van der Waals surface area contributed by atoms with Gasteiger partial charge in [0.05, 0.1) is 27.8 Å². The molecule has 222 valence electrons. The van der Waals surface area contributed by atoms with Gasteiger partial charge in [0.1, 0.15) is 5.82 Å². The van der Waals surface area contributed by atoms with Gasteiger partial charge in [-0.3, -0.25) is 15.0 Å². The highest BCUT2D eigenvalue weighted by Crippen LogP contribution is 2.38. The zero-order valence-corrected chi connectivity index (χ0v) is 25.6. The number of nitrogens with zero attached hydrogens (tertiary/aromatic N) is 6. The lowest BCUT2D eigenvalue weighted by Gasteiger charge is -2.11. The smallest absolute Gasteiger partial charge is 0.140 e. The summed E-state index contributed by atoms with van der Waals surface area (Å²) in [4.78, 5) is 18.5. The van der Waals surface area contributed by atoms with E-state index in [4.69, 9.17) is 9.97 Å². The average Bonchev–Trinajstić information content (AvgIpc) is 3.66. The lowest BCUT2D eigenvalue weighted by Crippen LogP contribution is -1.96. The summed E-state index contributed by atoms with van der Waals surface area (Å²) in [6, 6.07) is 42.5. The van der Waals surface area contributed by atoms with Gasteiger partial charge in [-0.1, -0.05) is 60.7 Å². The Balaban J connectivity index is 1.23. The van der Waals surface area contributed by atoms with E-state index in [1.807, 2.05) is 49.1 Å². The van der Waals surface area contributed by atoms with E-state index in [0.717, 1.165) is 72.7 Å². The molecule has 6 nitrogen and oxygen atoms in total. The number of benzene rings is 4. The van der Waals surface area contributed by atoms with E-state index >= 15 is 0 Å². The quantitative estimate of drug-likeness (QED) is 0.196. The van der Waals surface area contributed by atoms with Gasteiger partial charge in [0.25, 0.3) is 0 Å². The number of imidazole rings is 1. The van der Waals surface area contributed by atoms with E-state index in [-0.39, 0.29) is 0 Å². The fraction of sp³-hybridized carbons (Fsp3) is 0.0244. The highest BCUT2D eigenvalue weighted by atomic mass is 15.1. The van der Waals surface area contributed by atoms with E-state index in [1.54, 1.807) is 6.20 Å². The molecule has 4 aromatic carbocycles. The van der Waals surface area contributed by atoms with E-state index < -0.39 is 0 Å². The van der Waals surface area contributed by atoms with E-state index in [9.17, 15) is 0 Å². The predicted octanol–water partition coefficient (Wildman–Crippen LogP) is 9.52. The minimum atomic E-state index is 0.916. The van der Waals surface area contributed by atoms with Gasteiger partial charge in [-0.15, -0.1) is 0 Å². The lowest BCUT2D eigenvalue weighted by molar-refractivity contribution is 0.959. The maximum absolute atomic E-state index is 5.02. The van der Waals surface area contributed by atoms with Crippen LogP contribution in [0.1, 0.15) is 0 Å². The van der Waals surface area contributed by atoms with Crippen LogP contribution in [0.4, 0.5) is 0 Å². The Bertz CT molecular complexity index is 2560. The Morgan fingerprint density at radius 1 is 0.489 bits per heavy atom. The number of hydrogen-bond donors (Lipinski definition) is 0. The van der Waals surface area contributed by atoms with Gasteiger partial charge in [0.2, 0.25) is 0 Å². The molecule has 0 unspecified atom stereocenters. The molecule has 0 radical (unpaired) electrons. The van der Waals surface area contributed by atoms with Crippen LogP contribution in [0, 0.1) is 0 Å². The van der Waals surface area contributed by atoms with Gasteiger partial charge < -0.3 is 9.13 Å². The van der Waals surface area contributed by atoms with Crippen molar-refractivity contribution in [2.24, 2.45) is 7.05 Å². The zero-order chi connectivity index (χ0) is 31.3. The van der Waals surface area contributed by atoms with Gasteiger partial charge in [-0.05, 0) is 66.2 Å². The van der Waals surface area contributed by atoms with Crippen LogP contribution in [0.3, 0.4) is 0 Å². The Kier molecular flexibility index (Phi) is 6.25. The second-order valence-electron chi connectivity index (χ2n) is 11.7. The average molecular weight is 605 g/mol. The van der Waals surface area contributed by atoms with Crippen LogP contribution in [-0.4, -0.2) is 29.1 Å². The van der Waals surface area contributed by atoms with Crippen LogP contribution < -0.4 is 0 Å². The molecule has 5 heterocycles. The van der Waals surface area contributed by atoms with Crippen LogP contribution in [0.25, 0.3) is 83.4 Å². The molecule has 0 saturated heterocycles. The Hall–Kier alpha value is -6.40. The molecule has 0 fully saturated rings. The third-order valence-electron chi connectivity index (χ3n) is 8.96. The van der Waals surface area contributed by atoms with Crippen LogP contribution >= 0.6 is 0 Å². The third kappa shape index (κ3) is 4.58. The summed E-state index contributed by atoms with van der Waals surface area (Å²) in [5.74, 6) is 0.938. The van der Waals surface area contributed by atoms with Crippen molar-refractivity contribution < 1.29 is 0 Å². The monoisotopic (exact) mass is 604 g/mol. The fourth-order valence-electron chi connectivity index (χ4n) is 6.63. The Labute approximate surface area is 271 Å². The number of aryl methyl sites for hydroxylation is 1. The van der Waals surface area contributed by atoms with Gasteiger partial charge in [0, 0.05) is 82.3 Å². The molecular weight excluding hydrogens is 576 g/mol. The maximum atomic E-state index is 5.02. The molecule has 0 bridgehead atoms. The molecule has 5 aromatic heterocycles. The largest absolute Gasteiger partial charge is 0.327 e. The van der Waals surface area contributed by atoms with Crippen LogP contribution in [-0.2, 0) is 7.05 Å². The Morgan fingerprint density at radius 2 is 1.23 bits per heavy atom. The van der Waals surface area contributed by atoms with Crippen LogP contribution in [0.2, 0.25) is 0 Å². The molecule has 0 aliphatic rings. The van der Waals surface area contributed by atoms with Crippen molar-refractivity contribution in [3.63, 3.8) is 0 Å². The summed E-state index contributed by atoms with van der Waals surface area (Å²) in [5, 5.41) is 2.36. The SMILES string of the molecule is Cn1c(-c2ccc3c4cc(-c5cccnc5)ccc4n(-c4cccc(-c5ccc(-c6cccnc6)cn5)c4)c3c2)nc2ccccc21. The summed E-state index contributed by atoms with van der Waals surface area (Å²) in [5.41, 5.74) is 12.8. The van der Waals surface area contributed by atoms with Crippen molar-refractivity contribution in [1.29, 1.82) is 0 Å². The molecule has 0 saturated carbocycles. The first kappa shape index (κ1) is 27.0. The molecule has 0 atom stereocenters. The topological polar surface area (TPSA) is 61.4 Å². The standard InChI is InChI=1S/C41H28N6/c1-46-39-12-3-2-11-37(39)45-41(46)29-13-16-34-35-22-27(30-8-5-19-42-24-30)15-18-38(35)47(40(34)23-29)33-10-4-7-28(21-33)36-17-14-32(26-44-36)31-9-6-20-43-25-31/h2-26H,1H3. The predicted molar refractivity (Wildman–Crippen MR) is 190 cm³/mol. The number of para-hydroxylation sites is 2. The number of fused-ring (bicyclic) bond motifs is 4. The van der Waals surface area contributed by atoms with Gasteiger partial charge in [0.15, 0.2) is 0 Å². The van der Waals surface area contributed by atoms with Crippen molar-refractivity contribution in [3.8, 4) is 50.6 Å². The van der Waals surface area contributed by atoms with Crippen molar-refractivity contribution in [2.45, 2.75) is 0 Å². The molecule has 9 aromatic rings. The molecule has 0 N–H and O–H groups in total. The van der Waals surface area contributed by atoms with Crippen LogP contribution in [0.5, 0.6) is 0 Å². The van der Waals surface area contributed by atoms with E-state index in [1.165, 1.54) is 10.8 Å². The highest BCUT2D eigenvalue weighted by molar-refractivity contribution is 6.11. The summed E-state index contributed by atoms with van der Waals surface area (Å²) in [7, 11) is 2.08. The molecule has 47 heavy (non-hydrogen) atoms. The molecule has 6 heteroatoms. The molecule has 0 aliphatic heterocycles. The summed E-state index contributed by atoms with van der Waals surface area (Å²) < 4.78 is 4.53. The molecule has 9 rings (SSSR count). The molecule has 0 spiro atoms. The Morgan fingerprint density at radius 3 is 2.00 bits per heavy atom. The van der Waals surface area contributed by atoms with Crippen molar-refractivity contribution in [3.05, 3.63) is 152 Å². The van der Waals surface area contributed by atoms with Crippen molar-refractivity contribution in [2.75, 3.05) is 0 Å². The lowest BCUT2D eigenvalue weighted by atomic mass is 10.0. The molecular formula is C41H28N6. The summed E-state index contributed by atoms with van der Waals surface area (Å²) in [6.45, 7) is 0. The van der Waals surface area contributed by atoms with Crippen molar-refractivity contribution >= 4 is 32.8 Å². The summed E-state index contributed by atoms with van der Waals surface area (Å²) >= 11 is 0. The first-order chi connectivity index (χ1) is 23.2. The first-order valence-corrected chi connectivity index (χ1v) is 15.6. The number of pyridine rings is 3. The van der Waals surface area contributed by atoms with Gasteiger partial charge in [-0.2, -0.15) is 0 Å². The molecule has 0 aliphatic carbocycles. The number of rotatable bonds is 5. The highest BCUT2D eigenvalue weighted by Gasteiger charge is 2.17. The van der Waals surface area contributed by atoms with E-state index in [2.05, 4.69) is 123 Å². The number of aromatic nitrogens is 6. The van der Waals surface area contributed by atoms with E-state index in [0.29, 0.717) is 0 Å². The summed E-state index contributed by atoms with van der Waals surface area (Å²) in [6.07, 6.45) is 9.29. The molecule has 0 amide bonds. The first-order valence-electron chi connectivity index (χ1n) is 15.6. The zero-order valence-electron chi connectivity index (χ0n) is 25.6. The fourth-order valence-corrected chi connectivity index (χ4v) is 6.63. The van der Waals surface area contributed by atoms with Gasteiger partial charge in [-0.25, -0.2) is 4.98 Å². The van der Waals surface area contributed by atoms with Crippen molar-refractivity contribution in [1.82, 2.24) is 29.1 Å². The maximum Gasteiger partial charge on any atom is 0.140 e. The third-order valence-corrected chi connectivity index (χ3v) is 8.96. The van der Waals surface area contributed by atoms with Crippen LogP contribution in [0.15, 0.2) is 152 Å². The normalized spacial score (nSPS) is 11.5. The minimum absolute atomic E-state index is 0.916.